The minimum absolute atomic E-state index is 0.301. The molecule has 0 aromatic carbocycles. The summed E-state index contributed by atoms with van der Waals surface area (Å²) in [5, 5.41) is 0. The Morgan fingerprint density at radius 3 is 2.94 bits per heavy atom. The summed E-state index contributed by atoms with van der Waals surface area (Å²) in [5.74, 6) is -0.301. The van der Waals surface area contributed by atoms with E-state index in [9.17, 15) is 4.79 Å². The predicted octanol–water partition coefficient (Wildman–Crippen LogP) is 1.60. The van der Waals surface area contributed by atoms with Gasteiger partial charge >= 0.3 is 5.97 Å². The summed E-state index contributed by atoms with van der Waals surface area (Å²) in [6.07, 6.45) is 4.74. The quantitative estimate of drug-likeness (QED) is 0.604. The number of carbonyl (C=O) groups excluding carboxylic acids is 1. The van der Waals surface area contributed by atoms with Crippen LogP contribution >= 0.6 is 0 Å². The number of aromatic nitrogens is 1. The van der Waals surface area contributed by atoms with Crippen LogP contribution in [-0.2, 0) is 9.47 Å². The Morgan fingerprint density at radius 1 is 1.53 bits per heavy atom. The van der Waals surface area contributed by atoms with Crippen molar-refractivity contribution in [3.05, 3.63) is 18.0 Å². The summed E-state index contributed by atoms with van der Waals surface area (Å²) in [6.45, 7) is 0.974. The van der Waals surface area contributed by atoms with Gasteiger partial charge in [-0.05, 0) is 18.9 Å². The van der Waals surface area contributed by atoms with E-state index in [-0.39, 0.29) is 5.97 Å². The van der Waals surface area contributed by atoms with Crippen LogP contribution in [0.2, 0.25) is 0 Å². The first-order valence-electron chi connectivity index (χ1n) is 5.86. The van der Waals surface area contributed by atoms with Crippen LogP contribution in [0.25, 0.3) is 0 Å². The summed E-state index contributed by atoms with van der Waals surface area (Å²) in [6, 6.07) is 2.10. The van der Waals surface area contributed by atoms with E-state index in [0.717, 1.165) is 12.8 Å². The zero-order chi connectivity index (χ0) is 12.3. The Bertz CT molecular complexity index is 396. The van der Waals surface area contributed by atoms with Gasteiger partial charge in [0.25, 0.3) is 0 Å². The Balaban J connectivity index is 1.93. The number of hydrogen-bond acceptors (Lipinski definition) is 4. The molecule has 0 radical (unpaired) electrons. The molecule has 94 valence electrons. The molecule has 2 rings (SSSR count). The van der Waals surface area contributed by atoms with Gasteiger partial charge in [-0.15, -0.1) is 0 Å². The van der Waals surface area contributed by atoms with Gasteiger partial charge < -0.3 is 19.8 Å². The predicted molar refractivity (Wildman–Crippen MR) is 63.9 cm³/mol. The summed E-state index contributed by atoms with van der Waals surface area (Å²) in [7, 11) is 1.63. The molecule has 0 unspecified atom stereocenters. The number of nitrogens with zero attached hydrogens (tertiary/aromatic N) is 1. The maximum Gasteiger partial charge on any atom is 0.355 e. The first-order chi connectivity index (χ1) is 8.22. The van der Waals surface area contributed by atoms with Crippen LogP contribution in [0.4, 0.5) is 5.69 Å². The van der Waals surface area contributed by atoms with E-state index in [1.807, 2.05) is 10.8 Å². The first-order valence-corrected chi connectivity index (χ1v) is 5.86. The molecule has 17 heavy (non-hydrogen) atoms. The SMILES string of the molecule is COCCCOC(=O)c1cc(N)cn1C1CC1. The number of esters is 1. The number of carbonyl (C=O) groups is 1. The number of nitrogens with two attached hydrogens (primary N) is 1. The fourth-order valence-electron chi connectivity index (χ4n) is 1.76. The van der Waals surface area contributed by atoms with Gasteiger partial charge in [0.05, 0.1) is 12.3 Å². The average Bonchev–Trinajstić information content (AvgIpc) is 3.08. The third kappa shape index (κ3) is 3.00. The Labute approximate surface area is 100 Å². The molecule has 0 saturated heterocycles. The topological polar surface area (TPSA) is 66.5 Å². The van der Waals surface area contributed by atoms with E-state index >= 15 is 0 Å². The van der Waals surface area contributed by atoms with Crippen LogP contribution in [0, 0.1) is 0 Å². The highest BCUT2D eigenvalue weighted by Gasteiger charge is 2.28. The molecule has 0 spiro atoms. The van der Waals surface area contributed by atoms with E-state index in [1.54, 1.807) is 13.2 Å². The minimum atomic E-state index is -0.301. The third-order valence-electron chi connectivity index (χ3n) is 2.75. The van der Waals surface area contributed by atoms with Gasteiger partial charge in [0.15, 0.2) is 0 Å². The Morgan fingerprint density at radius 2 is 2.29 bits per heavy atom. The molecule has 1 fully saturated rings. The molecular weight excluding hydrogens is 220 g/mol. The van der Waals surface area contributed by atoms with E-state index in [2.05, 4.69) is 0 Å². The van der Waals surface area contributed by atoms with Gasteiger partial charge in [-0.1, -0.05) is 0 Å². The van der Waals surface area contributed by atoms with Crippen LogP contribution in [0.5, 0.6) is 0 Å². The lowest BCUT2D eigenvalue weighted by Crippen LogP contribution is -2.12. The van der Waals surface area contributed by atoms with Crippen molar-refractivity contribution < 1.29 is 14.3 Å². The van der Waals surface area contributed by atoms with E-state index in [0.29, 0.717) is 37.1 Å². The van der Waals surface area contributed by atoms with Crippen molar-refractivity contribution in [1.82, 2.24) is 4.57 Å². The van der Waals surface area contributed by atoms with Gasteiger partial charge in [-0.2, -0.15) is 0 Å². The number of nitrogen functional groups attached to an aromatic ring is 1. The van der Waals surface area contributed by atoms with Crippen LogP contribution in [0.15, 0.2) is 12.3 Å². The van der Waals surface area contributed by atoms with Gasteiger partial charge in [-0.25, -0.2) is 4.79 Å². The minimum Gasteiger partial charge on any atom is -0.461 e. The zero-order valence-corrected chi connectivity index (χ0v) is 10.0. The molecule has 1 heterocycles. The lowest BCUT2D eigenvalue weighted by molar-refractivity contribution is 0.0456. The molecule has 5 nitrogen and oxygen atoms in total. The first kappa shape index (κ1) is 12.0. The molecule has 1 aromatic rings. The monoisotopic (exact) mass is 238 g/mol. The molecular formula is C12H18N2O3. The Kier molecular flexibility index (Phi) is 3.68. The van der Waals surface area contributed by atoms with Crippen molar-refractivity contribution in [1.29, 1.82) is 0 Å². The maximum atomic E-state index is 11.8. The van der Waals surface area contributed by atoms with Crippen molar-refractivity contribution in [2.75, 3.05) is 26.1 Å². The number of hydrogen-bond donors (Lipinski definition) is 1. The van der Waals surface area contributed by atoms with Crippen molar-refractivity contribution in [3.8, 4) is 0 Å². The molecule has 2 N–H and O–H groups in total. The molecule has 0 amide bonds. The summed E-state index contributed by atoms with van der Waals surface area (Å²) in [4.78, 5) is 11.8. The summed E-state index contributed by atoms with van der Waals surface area (Å²) >= 11 is 0. The molecule has 1 aromatic heterocycles. The van der Waals surface area contributed by atoms with Crippen molar-refractivity contribution in [2.24, 2.45) is 0 Å². The highest BCUT2D eigenvalue weighted by Crippen LogP contribution is 2.37. The number of methoxy groups -OCH3 is 1. The fourth-order valence-corrected chi connectivity index (χ4v) is 1.76. The third-order valence-corrected chi connectivity index (χ3v) is 2.75. The highest BCUT2D eigenvalue weighted by atomic mass is 16.5. The van der Waals surface area contributed by atoms with Crippen molar-refractivity contribution in [3.63, 3.8) is 0 Å². The molecule has 0 aliphatic heterocycles. The molecule has 1 aliphatic carbocycles. The second kappa shape index (κ2) is 5.23. The van der Waals surface area contributed by atoms with E-state index < -0.39 is 0 Å². The van der Waals surface area contributed by atoms with E-state index in [1.165, 1.54) is 0 Å². The molecule has 1 aliphatic rings. The second-order valence-electron chi connectivity index (χ2n) is 4.28. The maximum absolute atomic E-state index is 11.8. The molecule has 5 heteroatoms. The summed E-state index contributed by atoms with van der Waals surface area (Å²) < 4.78 is 12.0. The average molecular weight is 238 g/mol. The lowest BCUT2D eigenvalue weighted by Gasteiger charge is -2.07. The zero-order valence-electron chi connectivity index (χ0n) is 10.0. The summed E-state index contributed by atoms with van der Waals surface area (Å²) in [5.41, 5.74) is 6.88. The number of ether oxygens (including phenoxy) is 2. The standard InChI is InChI=1S/C12H18N2O3/c1-16-5-2-6-17-12(15)11-7-9(13)8-14(11)10-3-4-10/h7-8,10H,2-6,13H2,1H3. The van der Waals surface area contributed by atoms with E-state index in [4.69, 9.17) is 15.2 Å². The van der Waals surface area contributed by atoms with Crippen LogP contribution in [0.3, 0.4) is 0 Å². The normalized spacial score (nSPS) is 14.9. The molecule has 1 saturated carbocycles. The van der Waals surface area contributed by atoms with Crippen LogP contribution in [-0.4, -0.2) is 30.9 Å². The number of rotatable bonds is 6. The van der Waals surface area contributed by atoms with Crippen LogP contribution in [0.1, 0.15) is 35.8 Å². The van der Waals surface area contributed by atoms with Crippen molar-refractivity contribution >= 4 is 11.7 Å². The Hall–Kier alpha value is -1.49. The van der Waals surface area contributed by atoms with Crippen LogP contribution < -0.4 is 5.73 Å². The molecule has 0 atom stereocenters. The van der Waals surface area contributed by atoms with Gasteiger partial charge in [0.1, 0.15) is 5.69 Å². The van der Waals surface area contributed by atoms with Gasteiger partial charge in [-0.3, -0.25) is 0 Å². The smallest absolute Gasteiger partial charge is 0.355 e. The van der Waals surface area contributed by atoms with Gasteiger partial charge in [0.2, 0.25) is 0 Å². The lowest BCUT2D eigenvalue weighted by atomic mass is 10.4. The molecule has 0 bridgehead atoms. The highest BCUT2D eigenvalue weighted by molar-refractivity contribution is 5.89. The largest absolute Gasteiger partial charge is 0.461 e. The second-order valence-corrected chi connectivity index (χ2v) is 4.28. The fraction of sp³-hybridized carbons (Fsp3) is 0.583. The van der Waals surface area contributed by atoms with Crippen molar-refractivity contribution in [2.45, 2.75) is 25.3 Å². The number of anilines is 1. The van der Waals surface area contributed by atoms with Gasteiger partial charge in [0, 0.05) is 32.4 Å².